The second-order valence-corrected chi connectivity index (χ2v) is 9.24. The second kappa shape index (κ2) is 8.68. The van der Waals surface area contributed by atoms with E-state index < -0.39 is 65.8 Å². The van der Waals surface area contributed by atoms with E-state index >= 15 is 0 Å². The Morgan fingerprint density at radius 3 is 2.36 bits per heavy atom. The van der Waals surface area contributed by atoms with Crippen molar-refractivity contribution in [3.05, 3.63) is 39.8 Å². The summed E-state index contributed by atoms with van der Waals surface area (Å²) in [5, 5.41) is 51.1. The lowest BCUT2D eigenvalue weighted by Gasteiger charge is -2.40. The van der Waals surface area contributed by atoms with Gasteiger partial charge < -0.3 is 45.5 Å². The minimum atomic E-state index is -1.79. The van der Waals surface area contributed by atoms with Crippen molar-refractivity contribution in [2.45, 2.75) is 63.8 Å². The fourth-order valence-corrected chi connectivity index (χ4v) is 4.79. The van der Waals surface area contributed by atoms with Crippen molar-refractivity contribution in [2.24, 2.45) is 5.73 Å². The number of carbonyl (C=O) groups excluding carboxylic acids is 3. The van der Waals surface area contributed by atoms with E-state index in [4.69, 9.17) is 19.9 Å². The van der Waals surface area contributed by atoms with E-state index in [2.05, 4.69) is 0 Å². The number of benzene rings is 1. The standard InChI is InChI=1S/C24H27NO11/c1-7-16(29)15-21(35-12-5-10(28)13(8(2)25)22(33)24(12,15)4)14(9(3)27)20(7)36-23-19(32)18(31)17(30)11(6-26)34-23/h5,11,17-19,23,26,29-32H,6,25H2,1-4H3/b13-8+/t11-,17-,18+,19-,23+,24?/m1/s1. The summed E-state index contributed by atoms with van der Waals surface area (Å²) in [5.41, 5.74) is 3.53. The number of allylic oxidation sites excluding steroid dienone is 4. The smallest absolute Gasteiger partial charge is 0.229 e. The Morgan fingerprint density at radius 2 is 1.81 bits per heavy atom. The summed E-state index contributed by atoms with van der Waals surface area (Å²) in [4.78, 5) is 38.8. The SMILES string of the molecule is CC(=O)c1c(O[C@@H]2O[C@H](CO)[C@@H](O)[C@H](O)[C@H]2O)c(C)c(O)c2c1OC1=CC(=O)/C(=C(/C)N)C(=O)C12C. The molecule has 12 heteroatoms. The summed E-state index contributed by atoms with van der Waals surface area (Å²) < 4.78 is 16.9. The zero-order valence-corrected chi connectivity index (χ0v) is 19.9. The predicted molar refractivity (Wildman–Crippen MR) is 120 cm³/mol. The molecule has 0 spiro atoms. The maximum absolute atomic E-state index is 13.4. The van der Waals surface area contributed by atoms with Crippen LogP contribution in [0.3, 0.4) is 0 Å². The minimum Gasteiger partial charge on any atom is -0.507 e. The van der Waals surface area contributed by atoms with Crippen LogP contribution in [-0.2, 0) is 19.7 Å². The van der Waals surface area contributed by atoms with Gasteiger partial charge in [0.1, 0.15) is 58.4 Å². The molecule has 0 radical (unpaired) electrons. The molecule has 0 bridgehead atoms. The molecule has 2 aliphatic heterocycles. The van der Waals surface area contributed by atoms with E-state index in [1.807, 2.05) is 0 Å². The van der Waals surface area contributed by atoms with Gasteiger partial charge in [-0.05, 0) is 27.7 Å². The second-order valence-electron chi connectivity index (χ2n) is 9.24. The Labute approximate surface area is 205 Å². The van der Waals surface area contributed by atoms with Crippen LogP contribution in [0, 0.1) is 6.92 Å². The van der Waals surface area contributed by atoms with Crippen molar-refractivity contribution < 1.29 is 54.1 Å². The largest absolute Gasteiger partial charge is 0.507 e. The Hall–Kier alpha value is -3.29. The first-order chi connectivity index (χ1) is 16.8. The lowest BCUT2D eigenvalue weighted by Crippen LogP contribution is -2.60. The number of aromatic hydroxyl groups is 1. The number of hydrogen-bond donors (Lipinski definition) is 6. The molecule has 36 heavy (non-hydrogen) atoms. The molecular formula is C24H27NO11. The quantitative estimate of drug-likeness (QED) is 0.166. The van der Waals surface area contributed by atoms with E-state index in [-0.39, 0.29) is 45.2 Å². The van der Waals surface area contributed by atoms with E-state index in [0.717, 1.165) is 6.08 Å². The van der Waals surface area contributed by atoms with Gasteiger partial charge in [0.15, 0.2) is 17.3 Å². The van der Waals surface area contributed by atoms with Crippen molar-refractivity contribution in [1.29, 1.82) is 0 Å². The summed E-state index contributed by atoms with van der Waals surface area (Å²) in [5.74, 6) is -3.10. The van der Waals surface area contributed by atoms with E-state index in [9.17, 15) is 39.9 Å². The van der Waals surface area contributed by atoms with Crippen molar-refractivity contribution in [1.82, 2.24) is 0 Å². The minimum absolute atomic E-state index is 0.0134. The fraction of sp³-hybridized carbons (Fsp3) is 0.458. The Kier molecular flexibility index (Phi) is 6.22. The van der Waals surface area contributed by atoms with Crippen LogP contribution < -0.4 is 15.2 Å². The molecule has 2 heterocycles. The van der Waals surface area contributed by atoms with Gasteiger partial charge in [-0.1, -0.05) is 0 Å². The Balaban J connectivity index is 1.90. The zero-order chi connectivity index (χ0) is 26.9. The summed E-state index contributed by atoms with van der Waals surface area (Å²) in [6.45, 7) is 4.69. The van der Waals surface area contributed by atoms with Gasteiger partial charge in [0.25, 0.3) is 0 Å². The average molecular weight is 505 g/mol. The van der Waals surface area contributed by atoms with Crippen LogP contribution in [0.5, 0.6) is 17.2 Å². The van der Waals surface area contributed by atoms with Crippen LogP contribution in [0.4, 0.5) is 0 Å². The van der Waals surface area contributed by atoms with Crippen molar-refractivity contribution in [3.8, 4) is 17.2 Å². The molecule has 1 aromatic rings. The first-order valence-corrected chi connectivity index (χ1v) is 11.1. The van der Waals surface area contributed by atoms with Crippen LogP contribution >= 0.6 is 0 Å². The van der Waals surface area contributed by atoms with Gasteiger partial charge >= 0.3 is 0 Å². The number of hydrogen-bond acceptors (Lipinski definition) is 12. The highest BCUT2D eigenvalue weighted by Gasteiger charge is 2.56. The zero-order valence-electron chi connectivity index (χ0n) is 19.9. The number of Topliss-reactive ketones (excluding diaryl/α,β-unsaturated/α-hetero) is 2. The number of aliphatic hydroxyl groups excluding tert-OH is 4. The number of nitrogens with two attached hydrogens (primary N) is 1. The highest BCUT2D eigenvalue weighted by atomic mass is 16.7. The number of phenols is 1. The van der Waals surface area contributed by atoms with Crippen LogP contribution in [-0.4, -0.2) is 80.2 Å². The highest BCUT2D eigenvalue weighted by molar-refractivity contribution is 6.31. The van der Waals surface area contributed by atoms with Crippen molar-refractivity contribution in [3.63, 3.8) is 0 Å². The van der Waals surface area contributed by atoms with E-state index in [0.29, 0.717) is 0 Å². The van der Waals surface area contributed by atoms with Gasteiger partial charge in [-0.3, -0.25) is 14.4 Å². The molecule has 0 aromatic heterocycles. The molecule has 7 N–H and O–H groups in total. The molecule has 1 fully saturated rings. The molecule has 1 aliphatic carbocycles. The normalized spacial score (nSPS) is 32.9. The summed E-state index contributed by atoms with van der Waals surface area (Å²) in [6, 6.07) is 0. The molecule has 4 rings (SSSR count). The fourth-order valence-electron chi connectivity index (χ4n) is 4.79. The summed E-state index contributed by atoms with van der Waals surface area (Å²) in [6.07, 6.45) is -7.05. The maximum Gasteiger partial charge on any atom is 0.229 e. The number of carbonyl (C=O) groups is 3. The van der Waals surface area contributed by atoms with Crippen molar-refractivity contribution >= 4 is 17.3 Å². The first kappa shape index (κ1) is 25.8. The molecule has 1 saturated heterocycles. The van der Waals surface area contributed by atoms with E-state index in [1.165, 1.54) is 27.7 Å². The van der Waals surface area contributed by atoms with Crippen LogP contribution in [0.1, 0.15) is 42.3 Å². The van der Waals surface area contributed by atoms with E-state index in [1.54, 1.807) is 0 Å². The molecule has 3 aliphatic rings. The number of ketones is 3. The van der Waals surface area contributed by atoms with Gasteiger partial charge in [0, 0.05) is 17.3 Å². The number of aliphatic hydroxyl groups is 4. The molecular weight excluding hydrogens is 478 g/mol. The molecule has 1 aromatic carbocycles. The Morgan fingerprint density at radius 1 is 1.17 bits per heavy atom. The van der Waals surface area contributed by atoms with Crippen LogP contribution in [0.2, 0.25) is 0 Å². The van der Waals surface area contributed by atoms with Gasteiger partial charge in [-0.2, -0.15) is 0 Å². The lowest BCUT2D eigenvalue weighted by molar-refractivity contribution is -0.277. The third-order valence-corrected chi connectivity index (χ3v) is 6.84. The monoisotopic (exact) mass is 505 g/mol. The molecule has 0 saturated carbocycles. The Bertz CT molecular complexity index is 1240. The third kappa shape index (κ3) is 3.44. The summed E-state index contributed by atoms with van der Waals surface area (Å²) >= 11 is 0. The highest BCUT2D eigenvalue weighted by Crippen LogP contribution is 2.58. The number of rotatable bonds is 4. The topological polar surface area (TPSA) is 206 Å². The number of phenolic OH excluding ortho intramolecular Hbond substituents is 1. The maximum atomic E-state index is 13.4. The number of ether oxygens (including phenoxy) is 3. The molecule has 0 amide bonds. The molecule has 6 atom stereocenters. The van der Waals surface area contributed by atoms with Gasteiger partial charge in [0.05, 0.1) is 17.7 Å². The molecule has 1 unspecified atom stereocenters. The molecule has 12 nitrogen and oxygen atoms in total. The van der Waals surface area contributed by atoms with Gasteiger partial charge in [-0.15, -0.1) is 0 Å². The number of fused-ring (bicyclic) bond motifs is 3. The van der Waals surface area contributed by atoms with Crippen molar-refractivity contribution in [2.75, 3.05) is 6.61 Å². The third-order valence-electron chi connectivity index (χ3n) is 6.84. The average Bonchev–Trinajstić information content (AvgIpc) is 3.10. The lowest BCUT2D eigenvalue weighted by atomic mass is 9.70. The predicted octanol–water partition coefficient (Wildman–Crippen LogP) is -1.000. The first-order valence-electron chi connectivity index (χ1n) is 11.1. The van der Waals surface area contributed by atoms with Gasteiger partial charge in [-0.25, -0.2) is 0 Å². The van der Waals surface area contributed by atoms with Crippen LogP contribution in [0.15, 0.2) is 23.1 Å². The van der Waals surface area contributed by atoms with Gasteiger partial charge in [0.2, 0.25) is 6.29 Å². The van der Waals surface area contributed by atoms with Crippen LogP contribution in [0.25, 0.3) is 0 Å². The molecule has 194 valence electrons. The summed E-state index contributed by atoms with van der Waals surface area (Å²) in [7, 11) is 0.